The van der Waals surface area contributed by atoms with E-state index in [0.29, 0.717) is 6.61 Å². The molecule has 1 atom stereocenters. The number of unbranched alkanes of at least 4 members (excludes halogenated alkanes) is 4. The lowest BCUT2D eigenvalue weighted by Crippen LogP contribution is -1.82. The molecule has 3 heteroatoms. The Labute approximate surface area is 83.6 Å². The Balaban J connectivity index is 0.000000223. The van der Waals surface area contributed by atoms with Crippen molar-refractivity contribution >= 4 is 9.03 Å². The van der Waals surface area contributed by atoms with Crippen LogP contribution >= 0.6 is 9.03 Å². The maximum absolute atomic E-state index is 4.79. The van der Waals surface area contributed by atoms with Crippen LogP contribution in [0.2, 0.25) is 0 Å². The lowest BCUT2D eigenvalue weighted by atomic mass is 10.2. The van der Waals surface area contributed by atoms with E-state index < -0.39 is 0 Å². The van der Waals surface area contributed by atoms with E-state index >= 15 is 0 Å². The first-order chi connectivity index (χ1) is 6.41. The van der Waals surface area contributed by atoms with Crippen molar-refractivity contribution in [3.05, 3.63) is 12.3 Å². The molecule has 2 nitrogen and oxygen atoms in total. The maximum atomic E-state index is 4.79. The topological polar surface area (TPSA) is 18.5 Å². The maximum Gasteiger partial charge on any atom is 0.214 e. The standard InChI is InChI=1S/C7H16.C3H5O2P/c1-3-5-7-6-4-2;1-2-4-6-5-3-1/h3-7H2,1-2H3;1-2,6H,3H2. The summed E-state index contributed by atoms with van der Waals surface area (Å²) in [6, 6.07) is 0. The van der Waals surface area contributed by atoms with Gasteiger partial charge in [0.2, 0.25) is 9.03 Å². The van der Waals surface area contributed by atoms with Gasteiger partial charge in [0.1, 0.15) is 0 Å². The Hall–Kier alpha value is -0.0700. The normalized spacial score (nSPS) is 16.2. The highest BCUT2D eigenvalue weighted by Crippen LogP contribution is 2.16. The van der Waals surface area contributed by atoms with E-state index in [1.807, 2.05) is 6.08 Å². The fourth-order valence-electron chi connectivity index (χ4n) is 0.908. The number of hydrogen-bond donors (Lipinski definition) is 0. The Morgan fingerprint density at radius 3 is 2.08 bits per heavy atom. The molecule has 78 valence electrons. The van der Waals surface area contributed by atoms with Crippen LogP contribution in [0.25, 0.3) is 0 Å². The molecular weight excluding hydrogens is 183 g/mol. The van der Waals surface area contributed by atoms with Crippen LogP contribution in [0.1, 0.15) is 46.0 Å². The Morgan fingerprint density at radius 1 is 1.15 bits per heavy atom. The van der Waals surface area contributed by atoms with Crippen molar-refractivity contribution in [2.24, 2.45) is 0 Å². The fourth-order valence-corrected chi connectivity index (χ4v) is 1.29. The van der Waals surface area contributed by atoms with Crippen LogP contribution in [-0.4, -0.2) is 6.61 Å². The molecule has 0 amide bonds. The van der Waals surface area contributed by atoms with E-state index in [4.69, 9.17) is 9.05 Å². The summed E-state index contributed by atoms with van der Waals surface area (Å²) in [5.74, 6) is 0. The summed E-state index contributed by atoms with van der Waals surface area (Å²) in [6.07, 6.45) is 10.5. The van der Waals surface area contributed by atoms with Crippen LogP contribution < -0.4 is 0 Å². The van der Waals surface area contributed by atoms with E-state index in [1.54, 1.807) is 6.26 Å². The summed E-state index contributed by atoms with van der Waals surface area (Å²) in [5.41, 5.74) is 0. The van der Waals surface area contributed by atoms with Crippen LogP contribution in [0, 0.1) is 0 Å². The summed E-state index contributed by atoms with van der Waals surface area (Å²) in [4.78, 5) is 0. The molecule has 0 aromatic heterocycles. The third-order valence-electron chi connectivity index (χ3n) is 1.66. The number of rotatable bonds is 4. The first-order valence-electron chi connectivity index (χ1n) is 5.09. The van der Waals surface area contributed by atoms with Crippen molar-refractivity contribution < 1.29 is 9.05 Å². The second kappa shape index (κ2) is 11.9. The van der Waals surface area contributed by atoms with Gasteiger partial charge in [-0.1, -0.05) is 46.0 Å². The van der Waals surface area contributed by atoms with Crippen molar-refractivity contribution in [1.82, 2.24) is 0 Å². The SMILES string of the molecule is C1=COPOC1.CCCCCCC. The predicted octanol–water partition coefficient (Wildman–Crippen LogP) is 4.03. The molecule has 1 aliphatic heterocycles. The van der Waals surface area contributed by atoms with Crippen molar-refractivity contribution in [3.8, 4) is 0 Å². The average molecular weight is 204 g/mol. The minimum atomic E-state index is 0.215. The van der Waals surface area contributed by atoms with Crippen LogP contribution in [0.5, 0.6) is 0 Å². The second-order valence-electron chi connectivity index (χ2n) is 2.94. The van der Waals surface area contributed by atoms with Gasteiger partial charge in [0.25, 0.3) is 0 Å². The van der Waals surface area contributed by atoms with Crippen molar-refractivity contribution in [3.63, 3.8) is 0 Å². The molecule has 13 heavy (non-hydrogen) atoms. The van der Waals surface area contributed by atoms with E-state index in [2.05, 4.69) is 13.8 Å². The molecule has 0 aromatic carbocycles. The van der Waals surface area contributed by atoms with Crippen LogP contribution in [0.3, 0.4) is 0 Å². The molecule has 0 spiro atoms. The largest absolute Gasteiger partial charge is 0.458 e. The molecule has 1 unspecified atom stereocenters. The van der Waals surface area contributed by atoms with E-state index in [0.717, 1.165) is 0 Å². The van der Waals surface area contributed by atoms with Gasteiger partial charge in [-0.3, -0.25) is 0 Å². The molecule has 1 aliphatic rings. The molecule has 1 rings (SSSR count). The van der Waals surface area contributed by atoms with Gasteiger partial charge in [0.15, 0.2) is 0 Å². The number of hydrogen-bond acceptors (Lipinski definition) is 2. The first kappa shape index (κ1) is 12.9. The fraction of sp³-hybridized carbons (Fsp3) is 0.800. The summed E-state index contributed by atoms with van der Waals surface area (Å²) in [7, 11) is 0.215. The Bertz CT molecular complexity index is 103. The van der Waals surface area contributed by atoms with Gasteiger partial charge in [0, 0.05) is 0 Å². The molecule has 0 aliphatic carbocycles. The molecule has 0 radical (unpaired) electrons. The average Bonchev–Trinajstić information content (AvgIpc) is 2.22. The zero-order valence-electron chi connectivity index (χ0n) is 8.71. The predicted molar refractivity (Wildman–Crippen MR) is 58.9 cm³/mol. The zero-order valence-corrected chi connectivity index (χ0v) is 9.71. The van der Waals surface area contributed by atoms with Crippen molar-refractivity contribution in [2.45, 2.75) is 46.0 Å². The molecule has 0 aromatic rings. The quantitative estimate of drug-likeness (QED) is 0.508. The lowest BCUT2D eigenvalue weighted by Gasteiger charge is -2.02. The third kappa shape index (κ3) is 11.9. The van der Waals surface area contributed by atoms with Gasteiger partial charge in [-0.05, 0) is 6.08 Å². The summed E-state index contributed by atoms with van der Waals surface area (Å²) in [5, 5.41) is 0. The van der Waals surface area contributed by atoms with E-state index in [1.165, 1.54) is 32.1 Å². The Kier molecular flexibility index (Phi) is 11.9. The molecule has 0 saturated heterocycles. The highest BCUT2D eigenvalue weighted by Gasteiger charge is 1.86. The van der Waals surface area contributed by atoms with Gasteiger partial charge >= 0.3 is 0 Å². The Morgan fingerprint density at radius 2 is 1.85 bits per heavy atom. The zero-order chi connectivity index (χ0) is 9.78. The molecule has 0 saturated carbocycles. The smallest absolute Gasteiger partial charge is 0.214 e. The lowest BCUT2D eigenvalue weighted by molar-refractivity contribution is 0.329. The highest BCUT2D eigenvalue weighted by atomic mass is 31.1. The summed E-state index contributed by atoms with van der Waals surface area (Å²) < 4.78 is 9.48. The van der Waals surface area contributed by atoms with Crippen LogP contribution in [-0.2, 0) is 9.05 Å². The molecule has 0 fully saturated rings. The summed E-state index contributed by atoms with van der Waals surface area (Å²) >= 11 is 0. The van der Waals surface area contributed by atoms with Crippen molar-refractivity contribution in [2.75, 3.05) is 6.61 Å². The highest BCUT2D eigenvalue weighted by molar-refractivity contribution is 7.26. The van der Waals surface area contributed by atoms with Crippen molar-refractivity contribution in [1.29, 1.82) is 0 Å². The monoisotopic (exact) mass is 204 g/mol. The molecular formula is C10H21O2P. The molecule has 1 heterocycles. The van der Waals surface area contributed by atoms with Gasteiger partial charge in [0.05, 0.1) is 12.9 Å². The molecule has 0 bridgehead atoms. The van der Waals surface area contributed by atoms with Crippen LogP contribution in [0.4, 0.5) is 0 Å². The first-order valence-corrected chi connectivity index (χ1v) is 5.90. The third-order valence-corrected chi connectivity index (χ3v) is 2.17. The van der Waals surface area contributed by atoms with Gasteiger partial charge in [-0.25, -0.2) is 0 Å². The van der Waals surface area contributed by atoms with E-state index in [-0.39, 0.29) is 9.03 Å². The van der Waals surface area contributed by atoms with Gasteiger partial charge < -0.3 is 9.05 Å². The van der Waals surface area contributed by atoms with E-state index in [9.17, 15) is 0 Å². The van der Waals surface area contributed by atoms with Gasteiger partial charge in [-0.15, -0.1) is 0 Å². The minimum absolute atomic E-state index is 0.215. The van der Waals surface area contributed by atoms with Gasteiger partial charge in [-0.2, -0.15) is 0 Å². The summed E-state index contributed by atoms with van der Waals surface area (Å²) in [6.45, 7) is 5.20. The molecule has 0 N–H and O–H groups in total. The second-order valence-corrected chi connectivity index (χ2v) is 3.64. The minimum Gasteiger partial charge on any atom is -0.458 e. The van der Waals surface area contributed by atoms with Crippen LogP contribution in [0.15, 0.2) is 12.3 Å².